The number of furan rings is 1. The predicted octanol–water partition coefficient (Wildman–Crippen LogP) is 1.94. The van der Waals surface area contributed by atoms with E-state index in [-0.39, 0.29) is 5.76 Å². The maximum Gasteiger partial charge on any atom is 0.251 e. The number of anilines is 1. The normalized spacial score (nSPS) is 26.1. The third-order valence-electron chi connectivity index (χ3n) is 7.20. The average Bonchev–Trinajstić information content (AvgIpc) is 3.44. The SMILES string of the molecule is CC[C@H]1OC(O)[C@H](NS(=O)(=O)/C(C#N)=C/c2ccc(-c3ccc4cc(N5CCOCC5)ccc4c3)o2)[C@@H](O)[C@@H]1O. The molecule has 12 heteroatoms. The van der Waals surface area contributed by atoms with Crippen LogP contribution in [0, 0.1) is 11.3 Å². The standard InChI is InChI=1S/C28H31N3O8S/c1-2-23-26(32)27(33)25(28(34)39-23)30-40(35,36)22(16-29)15-21-7-8-24(38-21)19-4-3-18-14-20(6-5-17(18)13-19)31-9-11-37-12-10-31/h3-8,13-15,23,25-28,30,32-34H,2,9-12H2,1H3/b22-15+/t23-,25-,26-,27-,28?/m1/s1. The van der Waals surface area contributed by atoms with Crippen LogP contribution in [-0.4, -0.2) is 80.7 Å². The molecule has 0 radical (unpaired) electrons. The number of hydrogen-bond donors (Lipinski definition) is 4. The molecule has 3 heterocycles. The Hall–Kier alpha value is -3.28. The second kappa shape index (κ2) is 11.7. The van der Waals surface area contributed by atoms with Gasteiger partial charge in [0, 0.05) is 30.4 Å². The molecule has 0 amide bonds. The Balaban J connectivity index is 1.34. The quantitative estimate of drug-likeness (QED) is 0.309. The van der Waals surface area contributed by atoms with Gasteiger partial charge in [0.15, 0.2) is 11.2 Å². The third-order valence-corrected chi connectivity index (χ3v) is 8.57. The van der Waals surface area contributed by atoms with Crippen LogP contribution in [0.4, 0.5) is 5.69 Å². The second-order valence-corrected chi connectivity index (χ2v) is 11.5. The summed E-state index contributed by atoms with van der Waals surface area (Å²) in [7, 11) is -4.51. The minimum Gasteiger partial charge on any atom is -0.457 e. The number of fused-ring (bicyclic) bond motifs is 1. The summed E-state index contributed by atoms with van der Waals surface area (Å²) in [5.74, 6) is 0.597. The minimum absolute atomic E-state index is 0.117. The van der Waals surface area contributed by atoms with Crippen molar-refractivity contribution in [3.05, 3.63) is 59.2 Å². The Morgan fingerprint density at radius 2 is 1.80 bits per heavy atom. The molecule has 5 atom stereocenters. The van der Waals surface area contributed by atoms with Crippen molar-refractivity contribution in [2.45, 2.75) is 44.0 Å². The molecule has 3 aromatic rings. The van der Waals surface area contributed by atoms with Gasteiger partial charge >= 0.3 is 0 Å². The highest BCUT2D eigenvalue weighted by Gasteiger charge is 2.45. The molecule has 1 aromatic heterocycles. The maximum absolute atomic E-state index is 12.9. The molecule has 0 bridgehead atoms. The first-order valence-corrected chi connectivity index (χ1v) is 14.5. The summed E-state index contributed by atoms with van der Waals surface area (Å²) in [4.78, 5) is 1.58. The molecule has 5 rings (SSSR count). The Labute approximate surface area is 231 Å². The summed E-state index contributed by atoms with van der Waals surface area (Å²) >= 11 is 0. The van der Waals surface area contributed by atoms with Crippen molar-refractivity contribution < 1.29 is 37.6 Å². The van der Waals surface area contributed by atoms with Gasteiger partial charge in [-0.15, -0.1) is 0 Å². The molecule has 2 fully saturated rings. The number of sulfonamides is 1. The van der Waals surface area contributed by atoms with E-state index in [1.807, 2.05) is 24.3 Å². The number of allylic oxidation sites excluding steroid dienone is 1. The van der Waals surface area contributed by atoms with Crippen molar-refractivity contribution in [1.82, 2.24) is 4.72 Å². The Bertz CT molecular complexity index is 1540. The number of ether oxygens (including phenoxy) is 2. The molecule has 0 spiro atoms. The zero-order chi connectivity index (χ0) is 28.4. The summed E-state index contributed by atoms with van der Waals surface area (Å²) in [5, 5.41) is 42.4. The van der Waals surface area contributed by atoms with E-state index in [2.05, 4.69) is 21.8 Å². The summed E-state index contributed by atoms with van der Waals surface area (Å²) in [5.41, 5.74) is 1.91. The molecule has 212 valence electrons. The van der Waals surface area contributed by atoms with Gasteiger partial charge in [-0.05, 0) is 47.5 Å². The van der Waals surface area contributed by atoms with Gasteiger partial charge in [0.25, 0.3) is 10.0 Å². The van der Waals surface area contributed by atoms with E-state index in [0.717, 1.165) is 41.2 Å². The summed E-state index contributed by atoms with van der Waals surface area (Å²) in [6.45, 7) is 4.79. The van der Waals surface area contributed by atoms with E-state index in [4.69, 9.17) is 13.9 Å². The van der Waals surface area contributed by atoms with E-state index in [1.54, 1.807) is 19.1 Å². The molecular weight excluding hydrogens is 538 g/mol. The molecule has 4 N–H and O–H groups in total. The Morgan fingerprint density at radius 1 is 1.07 bits per heavy atom. The van der Waals surface area contributed by atoms with Crippen molar-refractivity contribution in [3.63, 3.8) is 0 Å². The van der Waals surface area contributed by atoms with Crippen LogP contribution < -0.4 is 9.62 Å². The molecule has 0 aliphatic carbocycles. The largest absolute Gasteiger partial charge is 0.457 e. The van der Waals surface area contributed by atoms with Crippen molar-refractivity contribution in [1.29, 1.82) is 5.26 Å². The molecule has 1 unspecified atom stereocenters. The van der Waals surface area contributed by atoms with Crippen molar-refractivity contribution in [3.8, 4) is 17.4 Å². The van der Waals surface area contributed by atoms with Gasteiger partial charge in [-0.25, -0.2) is 8.42 Å². The number of nitrogens with one attached hydrogen (secondary N) is 1. The highest BCUT2D eigenvalue weighted by Crippen LogP contribution is 2.30. The summed E-state index contributed by atoms with van der Waals surface area (Å²) < 4.78 is 44.4. The van der Waals surface area contributed by atoms with Gasteiger partial charge < -0.3 is 34.1 Å². The van der Waals surface area contributed by atoms with Gasteiger partial charge in [-0.1, -0.05) is 25.1 Å². The number of hydrogen-bond acceptors (Lipinski definition) is 10. The van der Waals surface area contributed by atoms with Crippen molar-refractivity contribution >= 4 is 32.6 Å². The molecule has 40 heavy (non-hydrogen) atoms. The lowest BCUT2D eigenvalue weighted by Crippen LogP contribution is -2.63. The second-order valence-electron chi connectivity index (χ2n) is 9.77. The fourth-order valence-electron chi connectivity index (χ4n) is 4.94. The lowest BCUT2D eigenvalue weighted by molar-refractivity contribution is -0.244. The number of nitrogens with zero attached hydrogens (tertiary/aromatic N) is 2. The fourth-order valence-corrected chi connectivity index (χ4v) is 6.08. The van der Waals surface area contributed by atoms with E-state index in [1.165, 1.54) is 6.07 Å². The molecule has 2 aromatic carbocycles. The van der Waals surface area contributed by atoms with Crippen LogP contribution in [0.2, 0.25) is 0 Å². The highest BCUT2D eigenvalue weighted by molar-refractivity contribution is 7.93. The molecule has 2 aliphatic rings. The molecule has 2 aliphatic heterocycles. The Kier molecular flexibility index (Phi) is 8.25. The Morgan fingerprint density at radius 3 is 2.52 bits per heavy atom. The third kappa shape index (κ3) is 5.77. The van der Waals surface area contributed by atoms with Crippen LogP contribution in [0.25, 0.3) is 28.2 Å². The number of morpholine rings is 1. The van der Waals surface area contributed by atoms with E-state index < -0.39 is 45.6 Å². The zero-order valence-electron chi connectivity index (χ0n) is 21.8. The lowest BCUT2D eigenvalue weighted by atomic mass is 9.96. The smallest absolute Gasteiger partial charge is 0.251 e. The molecular formula is C28H31N3O8S. The number of nitriles is 1. The van der Waals surface area contributed by atoms with Crippen molar-refractivity contribution in [2.75, 3.05) is 31.2 Å². The first kappa shape index (κ1) is 28.3. The van der Waals surface area contributed by atoms with Crippen LogP contribution in [0.1, 0.15) is 19.1 Å². The van der Waals surface area contributed by atoms with Crippen LogP contribution in [-0.2, 0) is 19.5 Å². The van der Waals surface area contributed by atoms with Gasteiger partial charge in [-0.2, -0.15) is 9.98 Å². The van der Waals surface area contributed by atoms with Crippen LogP contribution >= 0.6 is 0 Å². The van der Waals surface area contributed by atoms with Gasteiger partial charge in [-0.3, -0.25) is 0 Å². The number of aliphatic hydroxyl groups excluding tert-OH is 3. The van der Waals surface area contributed by atoms with E-state index in [0.29, 0.717) is 25.4 Å². The summed E-state index contributed by atoms with van der Waals surface area (Å²) in [6.07, 6.45) is -4.29. The number of aliphatic hydroxyl groups is 3. The molecule has 0 saturated carbocycles. The number of rotatable bonds is 7. The topological polar surface area (TPSA) is 165 Å². The number of benzene rings is 2. The van der Waals surface area contributed by atoms with Gasteiger partial charge in [0.1, 0.15) is 35.8 Å². The van der Waals surface area contributed by atoms with Gasteiger partial charge in [0.2, 0.25) is 0 Å². The van der Waals surface area contributed by atoms with E-state index in [9.17, 15) is 29.0 Å². The minimum atomic E-state index is -4.51. The van der Waals surface area contributed by atoms with E-state index >= 15 is 0 Å². The summed E-state index contributed by atoms with van der Waals surface area (Å²) in [6, 6.07) is 15.4. The first-order chi connectivity index (χ1) is 19.2. The highest BCUT2D eigenvalue weighted by atomic mass is 32.2. The zero-order valence-corrected chi connectivity index (χ0v) is 22.6. The fraction of sp³-hybridized carbons (Fsp3) is 0.393. The lowest BCUT2D eigenvalue weighted by Gasteiger charge is -2.40. The monoisotopic (exact) mass is 569 g/mol. The predicted molar refractivity (Wildman–Crippen MR) is 147 cm³/mol. The first-order valence-electron chi connectivity index (χ1n) is 13.0. The van der Waals surface area contributed by atoms with Crippen LogP contribution in [0.3, 0.4) is 0 Å². The van der Waals surface area contributed by atoms with Gasteiger partial charge in [0.05, 0.1) is 19.3 Å². The van der Waals surface area contributed by atoms with Crippen LogP contribution in [0.5, 0.6) is 0 Å². The molecule has 11 nitrogen and oxygen atoms in total. The maximum atomic E-state index is 12.9. The average molecular weight is 570 g/mol. The van der Waals surface area contributed by atoms with Crippen molar-refractivity contribution in [2.24, 2.45) is 0 Å². The molecule has 2 saturated heterocycles. The van der Waals surface area contributed by atoms with Crippen LogP contribution in [0.15, 0.2) is 57.9 Å².